The minimum absolute atomic E-state index is 0.0109. The van der Waals surface area contributed by atoms with Crippen LogP contribution in [0.2, 0.25) is 0 Å². The summed E-state index contributed by atoms with van der Waals surface area (Å²) in [5.41, 5.74) is 5.27. The zero-order valence-corrected chi connectivity index (χ0v) is 9.63. The number of hydrogen-bond acceptors (Lipinski definition) is 4. The van der Waals surface area contributed by atoms with Crippen molar-refractivity contribution >= 4 is 21.4 Å². The number of benzene rings is 1. The van der Waals surface area contributed by atoms with Crippen molar-refractivity contribution in [3.8, 4) is 0 Å². The fourth-order valence-corrected chi connectivity index (χ4v) is 3.56. The molecule has 0 aromatic heterocycles. The molecule has 0 aliphatic carbocycles. The van der Waals surface area contributed by atoms with E-state index in [1.165, 1.54) is 0 Å². The summed E-state index contributed by atoms with van der Waals surface area (Å²) >= 11 is 0. The molecule has 1 aromatic carbocycles. The molecule has 1 aliphatic heterocycles. The molecule has 1 aliphatic rings. The van der Waals surface area contributed by atoms with Gasteiger partial charge in [-0.05, 0) is 31.2 Å². The van der Waals surface area contributed by atoms with Crippen molar-refractivity contribution < 1.29 is 17.6 Å². The molecule has 1 heterocycles. The number of anilines is 1. The Balaban J connectivity index is 2.58. The van der Waals surface area contributed by atoms with Crippen molar-refractivity contribution in [3.63, 3.8) is 0 Å². The first-order valence-corrected chi connectivity index (χ1v) is 6.56. The van der Waals surface area contributed by atoms with E-state index in [0.29, 0.717) is 0 Å². The normalized spacial score (nSPS) is 21.8. The maximum absolute atomic E-state index is 13.0. The zero-order chi connectivity index (χ0) is 12.6. The van der Waals surface area contributed by atoms with Crippen LogP contribution in [-0.2, 0) is 14.6 Å². The highest BCUT2D eigenvalue weighted by molar-refractivity contribution is 7.93. The molecule has 0 saturated heterocycles. The van der Waals surface area contributed by atoms with Gasteiger partial charge in [-0.3, -0.25) is 4.79 Å². The Bertz CT molecular complexity index is 571. The van der Waals surface area contributed by atoms with Crippen molar-refractivity contribution in [1.82, 2.24) is 0 Å². The van der Waals surface area contributed by atoms with Gasteiger partial charge >= 0.3 is 0 Å². The molecule has 1 aromatic rings. The molecule has 92 valence electrons. The summed E-state index contributed by atoms with van der Waals surface area (Å²) < 4.78 is 37.1. The maximum atomic E-state index is 13.0. The molecule has 2 rings (SSSR count). The first kappa shape index (κ1) is 12.0. The summed E-state index contributed by atoms with van der Waals surface area (Å²) in [6.07, 6.45) is 0.0466. The quantitative estimate of drug-likeness (QED) is 0.745. The monoisotopic (exact) mass is 258 g/mol. The first-order valence-electron chi connectivity index (χ1n) is 5.01. The highest BCUT2D eigenvalue weighted by atomic mass is 32.2. The number of nitrogens with one attached hydrogen (secondary N) is 1. The van der Waals surface area contributed by atoms with Crippen LogP contribution in [0.15, 0.2) is 23.1 Å². The van der Waals surface area contributed by atoms with Gasteiger partial charge in [0.2, 0.25) is 5.91 Å². The van der Waals surface area contributed by atoms with E-state index in [9.17, 15) is 17.6 Å². The van der Waals surface area contributed by atoms with E-state index in [0.717, 1.165) is 18.2 Å². The number of amides is 1. The van der Waals surface area contributed by atoms with Crippen LogP contribution in [-0.4, -0.2) is 26.1 Å². The third-order valence-corrected chi connectivity index (χ3v) is 4.77. The average molecular weight is 258 g/mol. The Morgan fingerprint density at radius 2 is 2.12 bits per heavy atom. The molecule has 7 heteroatoms. The Hall–Kier alpha value is -1.47. The van der Waals surface area contributed by atoms with Gasteiger partial charge < -0.3 is 11.1 Å². The number of sulfone groups is 1. The lowest BCUT2D eigenvalue weighted by Crippen LogP contribution is -2.41. The van der Waals surface area contributed by atoms with E-state index in [1.54, 1.807) is 0 Å². The standard InChI is InChI=1S/C10H11FN2O3S/c11-6-1-2-8-7(5-6)13-10(14)9(3-4-12)17(8,15)16/h1-2,5,9H,3-4,12H2,(H,13,14). The molecule has 0 saturated carbocycles. The van der Waals surface area contributed by atoms with Crippen LogP contribution in [0.25, 0.3) is 0 Å². The van der Waals surface area contributed by atoms with Gasteiger partial charge in [0, 0.05) is 0 Å². The molecule has 1 amide bonds. The predicted molar refractivity (Wildman–Crippen MR) is 59.7 cm³/mol. The second-order valence-corrected chi connectivity index (χ2v) is 5.84. The van der Waals surface area contributed by atoms with Crippen molar-refractivity contribution in [1.29, 1.82) is 0 Å². The van der Waals surface area contributed by atoms with Gasteiger partial charge in [-0.1, -0.05) is 0 Å². The number of rotatable bonds is 2. The van der Waals surface area contributed by atoms with Crippen LogP contribution in [0.1, 0.15) is 6.42 Å². The number of nitrogens with two attached hydrogens (primary N) is 1. The second-order valence-electron chi connectivity index (χ2n) is 3.74. The summed E-state index contributed by atoms with van der Waals surface area (Å²) in [5.74, 6) is -1.26. The lowest BCUT2D eigenvalue weighted by Gasteiger charge is -2.24. The molecule has 3 N–H and O–H groups in total. The Morgan fingerprint density at radius 1 is 1.41 bits per heavy atom. The molecule has 1 unspecified atom stereocenters. The molecule has 1 atom stereocenters. The topological polar surface area (TPSA) is 89.3 Å². The van der Waals surface area contributed by atoms with Gasteiger partial charge in [0.25, 0.3) is 0 Å². The van der Waals surface area contributed by atoms with Crippen molar-refractivity contribution in [2.24, 2.45) is 5.73 Å². The van der Waals surface area contributed by atoms with Gasteiger partial charge in [0.05, 0.1) is 10.6 Å². The fraction of sp³-hybridized carbons (Fsp3) is 0.300. The van der Waals surface area contributed by atoms with Gasteiger partial charge in [-0.2, -0.15) is 0 Å². The van der Waals surface area contributed by atoms with Crippen LogP contribution in [0.3, 0.4) is 0 Å². The Labute approximate surface area is 97.7 Å². The molecular formula is C10H11FN2O3S. The predicted octanol–water partition coefficient (Wildman–Crippen LogP) is 0.269. The molecule has 0 fully saturated rings. The summed E-state index contributed by atoms with van der Waals surface area (Å²) in [6.45, 7) is 0.0911. The lowest BCUT2D eigenvalue weighted by molar-refractivity contribution is -0.116. The van der Waals surface area contributed by atoms with Gasteiger partial charge in [-0.15, -0.1) is 0 Å². The van der Waals surface area contributed by atoms with Crippen molar-refractivity contribution in [2.75, 3.05) is 11.9 Å². The highest BCUT2D eigenvalue weighted by Gasteiger charge is 2.39. The number of hydrogen-bond donors (Lipinski definition) is 2. The van der Waals surface area contributed by atoms with Gasteiger partial charge in [-0.25, -0.2) is 12.8 Å². The van der Waals surface area contributed by atoms with Crippen molar-refractivity contribution in [3.05, 3.63) is 24.0 Å². The zero-order valence-electron chi connectivity index (χ0n) is 8.81. The fourth-order valence-electron chi connectivity index (χ4n) is 1.79. The van der Waals surface area contributed by atoms with E-state index in [-0.39, 0.29) is 23.5 Å². The third-order valence-electron chi connectivity index (χ3n) is 2.60. The first-order chi connectivity index (χ1) is 7.96. The molecule has 0 radical (unpaired) electrons. The smallest absolute Gasteiger partial charge is 0.243 e. The third kappa shape index (κ3) is 1.91. The average Bonchev–Trinajstić information content (AvgIpc) is 2.23. The van der Waals surface area contributed by atoms with Crippen LogP contribution < -0.4 is 11.1 Å². The molecule has 0 bridgehead atoms. The van der Waals surface area contributed by atoms with Crippen LogP contribution >= 0.6 is 0 Å². The molecule has 5 nitrogen and oxygen atoms in total. The van der Waals surface area contributed by atoms with E-state index in [2.05, 4.69) is 5.32 Å². The second kappa shape index (κ2) is 4.08. The number of halogens is 1. The van der Waals surface area contributed by atoms with E-state index >= 15 is 0 Å². The lowest BCUT2D eigenvalue weighted by atomic mass is 10.2. The Morgan fingerprint density at radius 3 is 2.76 bits per heavy atom. The Kier molecular flexibility index (Phi) is 2.88. The minimum atomic E-state index is -3.77. The van der Waals surface area contributed by atoms with Crippen LogP contribution in [0.4, 0.5) is 10.1 Å². The van der Waals surface area contributed by atoms with Crippen LogP contribution in [0, 0.1) is 5.82 Å². The summed E-state index contributed by atoms with van der Waals surface area (Å²) in [4.78, 5) is 11.5. The van der Waals surface area contributed by atoms with E-state index in [1.807, 2.05) is 0 Å². The number of carbonyl (C=O) groups is 1. The van der Waals surface area contributed by atoms with Crippen LogP contribution in [0.5, 0.6) is 0 Å². The van der Waals surface area contributed by atoms with Gasteiger partial charge in [0.15, 0.2) is 9.84 Å². The summed E-state index contributed by atoms with van der Waals surface area (Å²) in [7, 11) is -3.77. The molecular weight excluding hydrogens is 247 g/mol. The molecule has 0 spiro atoms. The SMILES string of the molecule is NCCC1C(=O)Nc2cc(F)ccc2S1(=O)=O. The van der Waals surface area contributed by atoms with Gasteiger partial charge in [0.1, 0.15) is 11.1 Å². The van der Waals surface area contributed by atoms with E-state index < -0.39 is 26.8 Å². The minimum Gasteiger partial charge on any atom is -0.330 e. The number of fused-ring (bicyclic) bond motifs is 1. The van der Waals surface area contributed by atoms with E-state index in [4.69, 9.17) is 5.73 Å². The molecule has 17 heavy (non-hydrogen) atoms. The largest absolute Gasteiger partial charge is 0.330 e. The number of carbonyl (C=O) groups excluding carboxylic acids is 1. The maximum Gasteiger partial charge on any atom is 0.243 e. The summed E-state index contributed by atoms with van der Waals surface area (Å²) in [5, 5.41) is 1.19. The highest BCUT2D eigenvalue weighted by Crippen LogP contribution is 2.31. The van der Waals surface area contributed by atoms with Crippen molar-refractivity contribution in [2.45, 2.75) is 16.6 Å². The summed E-state index contributed by atoms with van der Waals surface area (Å²) in [6, 6.07) is 3.19.